The maximum atomic E-state index is 11.5. The van der Waals surface area contributed by atoms with Crippen LogP contribution in [0.15, 0.2) is 0 Å². The van der Waals surface area contributed by atoms with Crippen LogP contribution in [-0.4, -0.2) is 49.3 Å². The average molecular weight is 243 g/mol. The third-order valence-electron chi connectivity index (χ3n) is 2.74. The van der Waals surface area contributed by atoms with Crippen molar-refractivity contribution in [2.45, 2.75) is 52.2 Å². The molecule has 4 heteroatoms. The van der Waals surface area contributed by atoms with Crippen molar-refractivity contribution in [3.63, 3.8) is 0 Å². The van der Waals surface area contributed by atoms with Gasteiger partial charge in [0, 0.05) is 13.2 Å². The minimum Gasteiger partial charge on any atom is -0.462 e. The predicted octanol–water partition coefficient (Wildman–Crippen LogP) is 1.83. The highest BCUT2D eigenvalue weighted by molar-refractivity contribution is 5.71. The van der Waals surface area contributed by atoms with Crippen molar-refractivity contribution in [2.75, 3.05) is 26.2 Å². The zero-order valence-electron chi connectivity index (χ0n) is 11.3. The number of ether oxygens (including phenoxy) is 2. The van der Waals surface area contributed by atoms with Crippen LogP contribution in [0.5, 0.6) is 0 Å². The molecule has 0 N–H and O–H groups in total. The Morgan fingerprint density at radius 3 is 2.88 bits per heavy atom. The van der Waals surface area contributed by atoms with Gasteiger partial charge in [-0.3, -0.25) is 9.69 Å². The Bertz CT molecular complexity index is 231. The molecule has 1 atom stereocenters. The lowest BCUT2D eigenvalue weighted by Gasteiger charge is -2.31. The summed E-state index contributed by atoms with van der Waals surface area (Å²) in [5.41, 5.74) is 0. The van der Waals surface area contributed by atoms with Gasteiger partial charge in [-0.1, -0.05) is 6.92 Å². The van der Waals surface area contributed by atoms with Crippen LogP contribution in [0.1, 0.15) is 40.0 Å². The molecular formula is C13H25NO3. The summed E-state index contributed by atoms with van der Waals surface area (Å²) in [6.07, 6.45) is 3.51. The quantitative estimate of drug-likeness (QED) is 0.667. The number of esters is 1. The van der Waals surface area contributed by atoms with E-state index in [0.29, 0.717) is 6.54 Å². The molecule has 4 nitrogen and oxygen atoms in total. The minimum absolute atomic E-state index is 0.0283. The van der Waals surface area contributed by atoms with Gasteiger partial charge in [0.05, 0.1) is 18.8 Å². The van der Waals surface area contributed by atoms with Crippen LogP contribution in [0, 0.1) is 0 Å². The van der Waals surface area contributed by atoms with Crippen LogP contribution < -0.4 is 0 Å². The summed E-state index contributed by atoms with van der Waals surface area (Å²) in [6, 6.07) is 0. The second kappa shape index (κ2) is 7.67. The van der Waals surface area contributed by atoms with E-state index in [1.165, 1.54) is 0 Å². The Balaban J connectivity index is 2.26. The van der Waals surface area contributed by atoms with Gasteiger partial charge < -0.3 is 9.47 Å². The van der Waals surface area contributed by atoms with Gasteiger partial charge in [0.2, 0.25) is 0 Å². The maximum absolute atomic E-state index is 11.5. The topological polar surface area (TPSA) is 38.8 Å². The van der Waals surface area contributed by atoms with Gasteiger partial charge >= 0.3 is 5.97 Å². The number of piperidine rings is 1. The molecule has 0 saturated carbocycles. The molecule has 17 heavy (non-hydrogen) atoms. The van der Waals surface area contributed by atoms with Crippen molar-refractivity contribution >= 4 is 5.97 Å². The van der Waals surface area contributed by atoms with Gasteiger partial charge in [-0.25, -0.2) is 0 Å². The molecule has 0 aromatic heterocycles. The predicted molar refractivity (Wildman–Crippen MR) is 66.9 cm³/mol. The summed E-state index contributed by atoms with van der Waals surface area (Å²) < 4.78 is 10.9. The highest BCUT2D eigenvalue weighted by Crippen LogP contribution is 2.13. The molecule has 0 amide bonds. The van der Waals surface area contributed by atoms with Crippen LogP contribution in [0.25, 0.3) is 0 Å². The SMILES string of the molecule is CCCOC1CCCN(CC(=O)OC(C)C)C1. The van der Waals surface area contributed by atoms with E-state index in [4.69, 9.17) is 9.47 Å². The van der Waals surface area contributed by atoms with E-state index in [1.54, 1.807) is 0 Å². The van der Waals surface area contributed by atoms with Crippen molar-refractivity contribution in [1.82, 2.24) is 4.90 Å². The monoisotopic (exact) mass is 243 g/mol. The van der Waals surface area contributed by atoms with Crippen molar-refractivity contribution < 1.29 is 14.3 Å². The van der Waals surface area contributed by atoms with Gasteiger partial charge in [-0.05, 0) is 39.7 Å². The fourth-order valence-corrected chi connectivity index (χ4v) is 2.06. The van der Waals surface area contributed by atoms with E-state index >= 15 is 0 Å². The number of rotatable bonds is 6. The van der Waals surface area contributed by atoms with E-state index in [1.807, 2.05) is 13.8 Å². The van der Waals surface area contributed by atoms with Gasteiger partial charge in [0.1, 0.15) is 0 Å². The van der Waals surface area contributed by atoms with Crippen LogP contribution >= 0.6 is 0 Å². The van der Waals surface area contributed by atoms with E-state index in [-0.39, 0.29) is 18.2 Å². The number of carbonyl (C=O) groups excluding carboxylic acids is 1. The molecule has 0 aliphatic carbocycles. The molecule has 0 aromatic carbocycles. The Hall–Kier alpha value is -0.610. The maximum Gasteiger partial charge on any atom is 0.320 e. The number of nitrogens with zero attached hydrogens (tertiary/aromatic N) is 1. The smallest absolute Gasteiger partial charge is 0.320 e. The van der Waals surface area contributed by atoms with E-state index in [9.17, 15) is 4.79 Å². The summed E-state index contributed by atoms with van der Waals surface area (Å²) in [5.74, 6) is -0.129. The van der Waals surface area contributed by atoms with Crippen LogP contribution in [0.3, 0.4) is 0 Å². The third-order valence-corrected chi connectivity index (χ3v) is 2.74. The molecule has 0 spiro atoms. The first kappa shape index (κ1) is 14.5. The molecule has 1 rings (SSSR count). The molecular weight excluding hydrogens is 218 g/mol. The largest absolute Gasteiger partial charge is 0.462 e. The third kappa shape index (κ3) is 6.03. The van der Waals surface area contributed by atoms with Crippen molar-refractivity contribution in [3.05, 3.63) is 0 Å². The summed E-state index contributed by atoms with van der Waals surface area (Å²) in [7, 11) is 0. The molecule has 1 unspecified atom stereocenters. The minimum atomic E-state index is -0.129. The van der Waals surface area contributed by atoms with E-state index in [2.05, 4.69) is 11.8 Å². The van der Waals surface area contributed by atoms with Crippen molar-refractivity contribution in [1.29, 1.82) is 0 Å². The molecule has 0 bridgehead atoms. The zero-order valence-corrected chi connectivity index (χ0v) is 11.3. The molecule has 1 heterocycles. The van der Waals surface area contributed by atoms with Crippen molar-refractivity contribution in [2.24, 2.45) is 0 Å². The number of hydrogen-bond acceptors (Lipinski definition) is 4. The number of likely N-dealkylation sites (tertiary alicyclic amines) is 1. The standard InChI is InChI=1S/C13H25NO3/c1-4-8-16-12-6-5-7-14(9-12)10-13(15)17-11(2)3/h11-12H,4-10H2,1-3H3. The Morgan fingerprint density at radius 1 is 1.47 bits per heavy atom. The summed E-state index contributed by atoms with van der Waals surface area (Å²) in [5, 5.41) is 0. The molecule has 1 aliphatic heterocycles. The Labute approximate surface area is 104 Å². The highest BCUT2D eigenvalue weighted by atomic mass is 16.5. The lowest BCUT2D eigenvalue weighted by atomic mass is 10.1. The van der Waals surface area contributed by atoms with E-state index in [0.717, 1.165) is 39.0 Å². The fourth-order valence-electron chi connectivity index (χ4n) is 2.06. The Morgan fingerprint density at radius 2 is 2.24 bits per heavy atom. The highest BCUT2D eigenvalue weighted by Gasteiger charge is 2.22. The number of hydrogen-bond donors (Lipinski definition) is 0. The average Bonchev–Trinajstić information content (AvgIpc) is 2.25. The molecule has 1 fully saturated rings. The van der Waals surface area contributed by atoms with Gasteiger partial charge in [-0.2, -0.15) is 0 Å². The number of carbonyl (C=O) groups is 1. The lowest BCUT2D eigenvalue weighted by Crippen LogP contribution is -2.43. The first-order valence-electron chi connectivity index (χ1n) is 6.65. The van der Waals surface area contributed by atoms with Gasteiger partial charge in [0.25, 0.3) is 0 Å². The Kier molecular flexibility index (Phi) is 6.52. The molecule has 0 aromatic rings. The molecule has 0 radical (unpaired) electrons. The van der Waals surface area contributed by atoms with Crippen LogP contribution in [0.4, 0.5) is 0 Å². The van der Waals surface area contributed by atoms with Gasteiger partial charge in [0.15, 0.2) is 0 Å². The zero-order chi connectivity index (χ0) is 12.7. The first-order chi connectivity index (χ1) is 8.11. The van der Waals surface area contributed by atoms with Crippen molar-refractivity contribution in [3.8, 4) is 0 Å². The van der Waals surface area contributed by atoms with Crippen LogP contribution in [-0.2, 0) is 14.3 Å². The molecule has 1 saturated heterocycles. The van der Waals surface area contributed by atoms with Crippen LogP contribution in [0.2, 0.25) is 0 Å². The fraction of sp³-hybridized carbons (Fsp3) is 0.923. The molecule has 100 valence electrons. The normalized spacial score (nSPS) is 21.8. The second-order valence-electron chi connectivity index (χ2n) is 4.91. The summed E-state index contributed by atoms with van der Waals surface area (Å²) in [4.78, 5) is 13.7. The van der Waals surface area contributed by atoms with Gasteiger partial charge in [-0.15, -0.1) is 0 Å². The summed E-state index contributed by atoms with van der Waals surface area (Å²) in [6.45, 7) is 8.90. The first-order valence-corrected chi connectivity index (χ1v) is 6.65. The lowest BCUT2D eigenvalue weighted by molar-refractivity contribution is -0.149. The van der Waals surface area contributed by atoms with E-state index < -0.39 is 0 Å². The second-order valence-corrected chi connectivity index (χ2v) is 4.91. The molecule has 1 aliphatic rings. The summed E-state index contributed by atoms with van der Waals surface area (Å²) >= 11 is 0.